The van der Waals surface area contributed by atoms with Crippen LogP contribution in [0.15, 0.2) is 0 Å². The number of nitrogens with two attached hydrogens (primary N) is 1. The van der Waals surface area contributed by atoms with Crippen LogP contribution >= 0.6 is 11.3 Å². The summed E-state index contributed by atoms with van der Waals surface area (Å²) < 4.78 is 4.98. The fraction of sp³-hybridized carbons (Fsp3) is 0.667. The van der Waals surface area contributed by atoms with Crippen LogP contribution in [0.4, 0.5) is 5.13 Å². The van der Waals surface area contributed by atoms with E-state index in [0.717, 1.165) is 17.7 Å². The number of esters is 1. The van der Waals surface area contributed by atoms with Crippen molar-refractivity contribution in [2.45, 2.75) is 39.3 Å². The Balaban J connectivity index is 2.14. The number of anilines is 1. The Morgan fingerprint density at radius 3 is 2.89 bits per heavy atom. The molecule has 1 fully saturated rings. The minimum absolute atomic E-state index is 0.309. The largest absolute Gasteiger partial charge is 0.461 e. The Bertz CT molecular complexity index is 472. The highest BCUT2D eigenvalue weighted by Crippen LogP contribution is 2.39. The molecule has 0 aromatic carbocycles. The van der Waals surface area contributed by atoms with Gasteiger partial charge in [-0.15, -0.1) is 11.3 Å². The summed E-state index contributed by atoms with van der Waals surface area (Å²) in [6.45, 7) is 6.12. The van der Waals surface area contributed by atoms with E-state index >= 15 is 0 Å². The molecule has 2 atom stereocenters. The third-order valence-corrected chi connectivity index (χ3v) is 4.55. The Morgan fingerprint density at radius 2 is 2.42 bits per heavy atom. The second-order valence-electron chi connectivity index (χ2n) is 4.82. The lowest BCUT2D eigenvalue weighted by atomic mass is 9.75. The molecule has 106 valence electrons. The van der Waals surface area contributed by atoms with Crippen LogP contribution in [0.2, 0.25) is 0 Å². The highest BCUT2D eigenvalue weighted by molar-refractivity contribution is 7.15. The van der Waals surface area contributed by atoms with Crippen LogP contribution < -0.4 is 16.6 Å². The minimum atomic E-state index is -0.374. The topological polar surface area (TPSA) is 89.3 Å². The molecule has 1 aromatic rings. The average molecular weight is 284 g/mol. The third-order valence-electron chi connectivity index (χ3n) is 3.67. The van der Waals surface area contributed by atoms with Crippen LogP contribution in [0.25, 0.3) is 0 Å². The Morgan fingerprint density at radius 1 is 1.68 bits per heavy atom. The van der Waals surface area contributed by atoms with Crippen LogP contribution in [-0.4, -0.2) is 23.2 Å². The molecule has 1 heterocycles. The number of carbonyl (C=O) groups is 1. The van der Waals surface area contributed by atoms with E-state index in [1.165, 1.54) is 11.3 Å². The summed E-state index contributed by atoms with van der Waals surface area (Å²) in [5, 5.41) is 4.01. The first kappa shape index (κ1) is 14.2. The van der Waals surface area contributed by atoms with E-state index < -0.39 is 0 Å². The summed E-state index contributed by atoms with van der Waals surface area (Å²) in [4.78, 5) is 16.9. The van der Waals surface area contributed by atoms with Gasteiger partial charge < -0.3 is 10.1 Å². The molecule has 0 aliphatic heterocycles. The predicted octanol–water partition coefficient (Wildman–Crippen LogP) is 1.63. The molecule has 1 aliphatic rings. The molecule has 1 saturated carbocycles. The van der Waals surface area contributed by atoms with E-state index in [-0.39, 0.29) is 11.6 Å². The van der Waals surface area contributed by atoms with E-state index in [0.29, 0.717) is 23.4 Å². The zero-order chi connectivity index (χ0) is 14.0. The van der Waals surface area contributed by atoms with Crippen molar-refractivity contribution < 1.29 is 9.53 Å². The molecule has 6 nitrogen and oxygen atoms in total. The van der Waals surface area contributed by atoms with E-state index in [1.807, 2.05) is 6.92 Å². The van der Waals surface area contributed by atoms with Crippen molar-refractivity contribution in [1.82, 2.24) is 10.4 Å². The molecule has 0 amide bonds. The molecular weight excluding hydrogens is 264 g/mol. The molecule has 7 heteroatoms. The Hall–Kier alpha value is -1.18. The monoisotopic (exact) mass is 284 g/mol. The van der Waals surface area contributed by atoms with Crippen molar-refractivity contribution in [2.24, 2.45) is 11.8 Å². The predicted molar refractivity (Wildman–Crippen MR) is 74.9 cm³/mol. The van der Waals surface area contributed by atoms with Gasteiger partial charge in [-0.1, -0.05) is 6.92 Å². The molecule has 0 saturated heterocycles. The number of rotatable bonds is 5. The van der Waals surface area contributed by atoms with Crippen LogP contribution in [0, 0.1) is 12.8 Å². The van der Waals surface area contributed by atoms with E-state index in [1.54, 1.807) is 6.92 Å². The van der Waals surface area contributed by atoms with Crippen LogP contribution in [0.3, 0.4) is 0 Å². The standard InChI is InChI=1S/C12H20N4O2S/c1-4-18-10(17)9-8(3)19-11(14-9)15-12(16-13)6-5-7(12)2/h7,16H,4-6,13H2,1-3H3,(H,14,15). The second-order valence-corrected chi connectivity index (χ2v) is 6.03. The van der Waals surface area contributed by atoms with Crippen molar-refractivity contribution >= 4 is 22.4 Å². The van der Waals surface area contributed by atoms with Crippen molar-refractivity contribution in [2.75, 3.05) is 11.9 Å². The van der Waals surface area contributed by atoms with Gasteiger partial charge in [-0.25, -0.2) is 15.2 Å². The molecule has 0 radical (unpaired) electrons. The molecule has 4 N–H and O–H groups in total. The maximum absolute atomic E-state index is 11.7. The molecule has 2 unspecified atom stereocenters. The Labute approximate surface area is 116 Å². The minimum Gasteiger partial charge on any atom is -0.461 e. The molecule has 1 aromatic heterocycles. The number of hydrogen-bond donors (Lipinski definition) is 3. The van der Waals surface area contributed by atoms with Gasteiger partial charge in [-0.2, -0.15) is 0 Å². The fourth-order valence-electron chi connectivity index (χ4n) is 2.19. The molecule has 19 heavy (non-hydrogen) atoms. The smallest absolute Gasteiger partial charge is 0.358 e. The van der Waals surface area contributed by atoms with Crippen molar-refractivity contribution in [3.8, 4) is 0 Å². The summed E-state index contributed by atoms with van der Waals surface area (Å²) in [5.41, 5.74) is 2.91. The lowest BCUT2D eigenvalue weighted by Crippen LogP contribution is -2.65. The van der Waals surface area contributed by atoms with Crippen LogP contribution in [-0.2, 0) is 4.74 Å². The highest BCUT2D eigenvalue weighted by atomic mass is 32.1. The first-order valence-corrected chi connectivity index (χ1v) is 7.24. The number of thiazole rings is 1. The maximum atomic E-state index is 11.7. The second kappa shape index (κ2) is 5.44. The van der Waals surface area contributed by atoms with Crippen LogP contribution in [0.1, 0.15) is 42.1 Å². The number of carbonyl (C=O) groups excluding carboxylic acids is 1. The van der Waals surface area contributed by atoms with Crippen molar-refractivity contribution in [3.63, 3.8) is 0 Å². The van der Waals surface area contributed by atoms with Gasteiger partial charge in [0.1, 0.15) is 5.66 Å². The first-order chi connectivity index (χ1) is 9.02. The summed E-state index contributed by atoms with van der Waals surface area (Å²) in [6, 6.07) is 0. The van der Waals surface area contributed by atoms with Crippen LogP contribution in [0.5, 0.6) is 0 Å². The maximum Gasteiger partial charge on any atom is 0.358 e. The van der Waals surface area contributed by atoms with Crippen molar-refractivity contribution in [1.29, 1.82) is 0 Å². The quantitative estimate of drug-likeness (QED) is 0.329. The molecular formula is C12H20N4O2S. The number of hydrazine groups is 1. The summed E-state index contributed by atoms with van der Waals surface area (Å²) in [7, 11) is 0. The summed E-state index contributed by atoms with van der Waals surface area (Å²) >= 11 is 1.44. The van der Waals surface area contributed by atoms with Gasteiger partial charge in [0, 0.05) is 4.88 Å². The lowest BCUT2D eigenvalue weighted by molar-refractivity contribution is 0.0519. The van der Waals surface area contributed by atoms with E-state index in [9.17, 15) is 4.79 Å². The molecule has 0 spiro atoms. The van der Waals surface area contributed by atoms with E-state index in [2.05, 4.69) is 22.7 Å². The molecule has 1 aliphatic carbocycles. The zero-order valence-corrected chi connectivity index (χ0v) is 12.3. The van der Waals surface area contributed by atoms with E-state index in [4.69, 9.17) is 10.6 Å². The number of hydrogen-bond acceptors (Lipinski definition) is 7. The highest BCUT2D eigenvalue weighted by Gasteiger charge is 2.44. The number of nitrogens with one attached hydrogen (secondary N) is 2. The van der Waals surface area contributed by atoms with Gasteiger partial charge in [0.05, 0.1) is 6.61 Å². The van der Waals surface area contributed by atoms with Gasteiger partial charge in [0.25, 0.3) is 0 Å². The van der Waals surface area contributed by atoms with Gasteiger partial charge in [0.15, 0.2) is 10.8 Å². The van der Waals surface area contributed by atoms with Gasteiger partial charge in [0.2, 0.25) is 0 Å². The average Bonchev–Trinajstić information content (AvgIpc) is 2.75. The van der Waals surface area contributed by atoms with Crippen molar-refractivity contribution in [3.05, 3.63) is 10.6 Å². The molecule has 2 rings (SSSR count). The summed E-state index contributed by atoms with van der Waals surface area (Å²) in [5.74, 6) is 5.68. The lowest BCUT2D eigenvalue weighted by Gasteiger charge is -2.47. The fourth-order valence-corrected chi connectivity index (χ4v) is 3.07. The number of ether oxygens (including phenoxy) is 1. The first-order valence-electron chi connectivity index (χ1n) is 6.43. The number of aryl methyl sites for hydroxylation is 1. The number of nitrogens with zero attached hydrogens (tertiary/aromatic N) is 1. The number of aromatic nitrogens is 1. The van der Waals surface area contributed by atoms with Gasteiger partial charge >= 0.3 is 5.97 Å². The van der Waals surface area contributed by atoms with Gasteiger partial charge in [-0.05, 0) is 32.6 Å². The molecule has 0 bridgehead atoms. The Kier molecular flexibility index (Phi) is 4.07. The SMILES string of the molecule is CCOC(=O)c1nc(NC2(NN)CCC2C)sc1C. The van der Waals surface area contributed by atoms with Gasteiger partial charge in [-0.3, -0.25) is 5.84 Å². The third kappa shape index (κ3) is 2.58. The normalized spacial score (nSPS) is 25.8. The zero-order valence-electron chi connectivity index (χ0n) is 11.4. The summed E-state index contributed by atoms with van der Waals surface area (Å²) in [6.07, 6.45) is 2.06.